The standard InChI is InChI=1S/C35H40Cl2N6O4/c1-21-16-28(39-30-18-42(14-15-44)13-11-23(21)30)34(46)40-27-10-4-8-25(33(27)37)24-7-3-9-26(32(24)36)29-17-38-31(35(41-29)47-2)19-43-12-5-6-22(43)20-45/h3,7-9,16-17,22,44-45H,4-6,10-15,18-20H2,1-2H3,(H,40,46). The lowest BCUT2D eigenvalue weighted by Crippen LogP contribution is -2.34. The van der Waals surface area contributed by atoms with Crippen molar-refractivity contribution in [1.82, 2.24) is 30.1 Å². The number of aromatic nitrogens is 3. The number of β-amino-alcohol motifs (C(OH)–C–C–N with tert-alkyl or cyclic N) is 1. The van der Waals surface area contributed by atoms with Gasteiger partial charge >= 0.3 is 0 Å². The first-order chi connectivity index (χ1) is 22.8. The SMILES string of the molecule is COc1nc(-c2cccc(C3=CCCC(NC(=O)c4cc(C)c5c(n4)CN(CCO)CC5)=C3Cl)c2Cl)cnc1CN1CCCC1CO. The highest BCUT2D eigenvalue weighted by Gasteiger charge is 2.27. The van der Waals surface area contributed by atoms with Crippen molar-refractivity contribution in [3.8, 4) is 17.1 Å². The maximum Gasteiger partial charge on any atom is 0.274 e. The molecule has 1 fully saturated rings. The lowest BCUT2D eigenvalue weighted by molar-refractivity contribution is 0.0958. The number of ether oxygens (including phenoxy) is 1. The van der Waals surface area contributed by atoms with Crippen molar-refractivity contribution in [3.63, 3.8) is 0 Å². The van der Waals surface area contributed by atoms with Crippen molar-refractivity contribution in [2.45, 2.75) is 58.2 Å². The molecule has 12 heteroatoms. The first kappa shape index (κ1) is 33.5. The number of benzene rings is 1. The van der Waals surface area contributed by atoms with Crippen molar-refractivity contribution in [1.29, 1.82) is 0 Å². The fourth-order valence-corrected chi connectivity index (χ4v) is 7.40. The Labute approximate surface area is 285 Å². The number of fused-ring (bicyclic) bond motifs is 1. The number of hydrogen-bond donors (Lipinski definition) is 3. The largest absolute Gasteiger partial charge is 0.480 e. The van der Waals surface area contributed by atoms with Gasteiger partial charge in [-0.25, -0.2) is 9.97 Å². The van der Waals surface area contributed by atoms with Gasteiger partial charge in [0.05, 0.1) is 48.0 Å². The molecule has 2 aromatic heterocycles. The summed E-state index contributed by atoms with van der Waals surface area (Å²) in [5.74, 6) is 0.102. The third-order valence-corrected chi connectivity index (χ3v) is 10.1. The monoisotopic (exact) mass is 678 g/mol. The molecule has 2 aliphatic heterocycles. The van der Waals surface area contributed by atoms with Crippen LogP contribution in [0.4, 0.5) is 0 Å². The van der Waals surface area contributed by atoms with Gasteiger partial charge in [-0.3, -0.25) is 19.6 Å². The van der Waals surface area contributed by atoms with Gasteiger partial charge < -0.3 is 20.3 Å². The average Bonchev–Trinajstić information content (AvgIpc) is 3.53. The lowest BCUT2D eigenvalue weighted by Gasteiger charge is -2.28. The van der Waals surface area contributed by atoms with Crippen LogP contribution in [-0.2, 0) is 19.5 Å². The molecular formula is C35H40Cl2N6O4. The highest BCUT2D eigenvalue weighted by atomic mass is 35.5. The minimum absolute atomic E-state index is 0.0864. The predicted octanol–water partition coefficient (Wildman–Crippen LogP) is 4.87. The van der Waals surface area contributed by atoms with Crippen LogP contribution in [0.25, 0.3) is 16.8 Å². The van der Waals surface area contributed by atoms with E-state index in [1.165, 1.54) is 5.56 Å². The van der Waals surface area contributed by atoms with E-state index in [4.69, 9.17) is 37.9 Å². The van der Waals surface area contributed by atoms with E-state index in [0.29, 0.717) is 76.8 Å². The summed E-state index contributed by atoms with van der Waals surface area (Å²) in [7, 11) is 1.57. The summed E-state index contributed by atoms with van der Waals surface area (Å²) in [5, 5.41) is 23.0. The van der Waals surface area contributed by atoms with Crippen LogP contribution in [0, 0.1) is 6.92 Å². The molecule has 0 radical (unpaired) electrons. The number of halogens is 2. The fraction of sp³-hybridized carbons (Fsp3) is 0.429. The zero-order valence-corrected chi connectivity index (χ0v) is 28.2. The van der Waals surface area contributed by atoms with Crippen LogP contribution in [-0.4, -0.2) is 86.9 Å². The van der Waals surface area contributed by atoms with Gasteiger partial charge in [-0.1, -0.05) is 47.5 Å². The first-order valence-electron chi connectivity index (χ1n) is 16.1. The Morgan fingerprint density at radius 1 is 1.15 bits per heavy atom. The van der Waals surface area contributed by atoms with Gasteiger partial charge in [-0.05, 0) is 68.3 Å². The molecule has 1 unspecified atom stereocenters. The molecular weight excluding hydrogens is 639 g/mol. The van der Waals surface area contributed by atoms with Crippen LogP contribution in [0.5, 0.6) is 5.88 Å². The van der Waals surface area contributed by atoms with Gasteiger partial charge in [0.1, 0.15) is 11.4 Å². The van der Waals surface area contributed by atoms with Crippen molar-refractivity contribution in [3.05, 3.63) is 86.1 Å². The molecule has 0 saturated carbocycles. The topological polar surface area (TPSA) is 124 Å². The van der Waals surface area contributed by atoms with E-state index in [1.54, 1.807) is 13.3 Å². The number of allylic oxidation sites excluding steroid dienone is 4. The summed E-state index contributed by atoms with van der Waals surface area (Å²) in [4.78, 5) is 32.0. The van der Waals surface area contributed by atoms with Crippen molar-refractivity contribution in [2.75, 3.05) is 40.0 Å². The molecule has 6 rings (SSSR count). The smallest absolute Gasteiger partial charge is 0.274 e. The number of aliphatic hydroxyl groups excluding tert-OH is 2. The van der Waals surface area contributed by atoms with Crippen LogP contribution in [0.3, 0.4) is 0 Å². The summed E-state index contributed by atoms with van der Waals surface area (Å²) < 4.78 is 5.63. The number of hydrogen-bond acceptors (Lipinski definition) is 9. The van der Waals surface area contributed by atoms with Gasteiger partial charge in [0.15, 0.2) is 0 Å². The van der Waals surface area contributed by atoms with E-state index in [-0.39, 0.29) is 25.2 Å². The molecule has 1 amide bonds. The van der Waals surface area contributed by atoms with Crippen LogP contribution < -0.4 is 10.1 Å². The molecule has 1 saturated heterocycles. The number of pyridine rings is 1. The second-order valence-electron chi connectivity index (χ2n) is 12.2. The maximum absolute atomic E-state index is 13.5. The average molecular weight is 680 g/mol. The molecule has 3 aromatic rings. The molecule has 3 aliphatic rings. The summed E-state index contributed by atoms with van der Waals surface area (Å²) in [5.41, 5.74) is 7.44. The number of carbonyl (C=O) groups is 1. The van der Waals surface area contributed by atoms with E-state index < -0.39 is 0 Å². The van der Waals surface area contributed by atoms with E-state index >= 15 is 0 Å². The number of likely N-dealkylation sites (tertiary alicyclic amines) is 1. The van der Waals surface area contributed by atoms with E-state index in [0.717, 1.165) is 54.7 Å². The van der Waals surface area contributed by atoms with Crippen molar-refractivity contribution < 1.29 is 19.7 Å². The molecule has 47 heavy (non-hydrogen) atoms. The van der Waals surface area contributed by atoms with Crippen LogP contribution in [0.2, 0.25) is 5.02 Å². The number of nitrogens with one attached hydrogen (secondary N) is 1. The van der Waals surface area contributed by atoms with Gasteiger partial charge in [-0.2, -0.15) is 0 Å². The van der Waals surface area contributed by atoms with E-state index in [1.807, 2.05) is 37.3 Å². The van der Waals surface area contributed by atoms with Crippen LogP contribution in [0.15, 0.2) is 47.3 Å². The molecule has 0 spiro atoms. The summed E-state index contributed by atoms with van der Waals surface area (Å²) in [6.45, 7) is 5.69. The molecule has 10 nitrogen and oxygen atoms in total. The van der Waals surface area contributed by atoms with E-state index in [9.17, 15) is 15.0 Å². The number of aryl methyl sites for hydroxylation is 1. The highest BCUT2D eigenvalue weighted by Crippen LogP contribution is 2.41. The second-order valence-corrected chi connectivity index (χ2v) is 13.0. The number of rotatable bonds is 10. The van der Waals surface area contributed by atoms with Crippen molar-refractivity contribution in [2.24, 2.45) is 0 Å². The summed E-state index contributed by atoms with van der Waals surface area (Å²) >= 11 is 14.0. The Morgan fingerprint density at radius 2 is 1.98 bits per heavy atom. The summed E-state index contributed by atoms with van der Waals surface area (Å²) in [6.07, 6.45) is 7.80. The zero-order valence-electron chi connectivity index (χ0n) is 26.7. The molecule has 248 valence electrons. The predicted molar refractivity (Wildman–Crippen MR) is 182 cm³/mol. The highest BCUT2D eigenvalue weighted by molar-refractivity contribution is 6.40. The quantitative estimate of drug-likeness (QED) is 0.275. The Morgan fingerprint density at radius 3 is 2.77 bits per heavy atom. The first-order valence-corrected chi connectivity index (χ1v) is 16.8. The number of nitrogens with zero attached hydrogens (tertiary/aromatic N) is 5. The Bertz CT molecular complexity index is 1730. The van der Waals surface area contributed by atoms with Gasteiger partial charge in [0.25, 0.3) is 5.91 Å². The molecule has 4 heterocycles. The van der Waals surface area contributed by atoms with Crippen LogP contribution >= 0.6 is 23.2 Å². The third kappa shape index (κ3) is 7.09. The summed E-state index contributed by atoms with van der Waals surface area (Å²) in [6, 6.07) is 7.63. The van der Waals surface area contributed by atoms with Crippen LogP contribution in [0.1, 0.15) is 64.2 Å². The third-order valence-electron chi connectivity index (χ3n) is 9.27. The molecule has 1 aromatic carbocycles. The second kappa shape index (κ2) is 14.8. The Hall–Kier alpha value is -3.38. The van der Waals surface area contributed by atoms with Gasteiger partial charge in [-0.15, -0.1) is 0 Å². The zero-order chi connectivity index (χ0) is 33.1. The molecule has 3 N–H and O–H groups in total. The van der Waals surface area contributed by atoms with Crippen molar-refractivity contribution >= 4 is 34.7 Å². The Kier molecular flexibility index (Phi) is 10.6. The van der Waals surface area contributed by atoms with Gasteiger partial charge in [0.2, 0.25) is 5.88 Å². The fourth-order valence-electron chi connectivity index (χ4n) is 6.75. The number of aliphatic hydroxyl groups is 2. The minimum Gasteiger partial charge on any atom is -0.480 e. The Balaban J connectivity index is 1.23. The lowest BCUT2D eigenvalue weighted by atomic mass is 9.95. The maximum atomic E-state index is 13.5. The van der Waals surface area contributed by atoms with E-state index in [2.05, 4.69) is 20.1 Å². The van der Waals surface area contributed by atoms with Gasteiger partial charge in [0, 0.05) is 49.0 Å². The minimum atomic E-state index is -0.314. The number of methoxy groups -OCH3 is 1. The normalized spacial score (nSPS) is 18.7. The number of amides is 1. The molecule has 1 atom stereocenters. The number of carbonyl (C=O) groups excluding carboxylic acids is 1. The molecule has 1 aliphatic carbocycles. The molecule has 0 bridgehead atoms.